The summed E-state index contributed by atoms with van der Waals surface area (Å²) in [4.78, 5) is 26.9. The third kappa shape index (κ3) is 1.60. The molecular weight excluding hydrogens is 252 g/mol. The second-order valence-corrected chi connectivity index (χ2v) is 6.32. The molecule has 3 fully saturated rings. The van der Waals surface area contributed by atoms with Gasteiger partial charge in [0.15, 0.2) is 0 Å². The number of nitrogens with zero attached hydrogens (tertiary/aromatic N) is 1. The van der Waals surface area contributed by atoms with Gasteiger partial charge in [0.05, 0.1) is 6.04 Å². The standard InChI is InChI=1S/C16H20N2O2/c1-11(12-7-5-4-6-8-12)18-14(20)15(2)9-10-16(18,3)13(19)17-15/h4-8,11H,9-10H2,1-3H3,(H,17,19)/t11-,15+,16-/m1/s1. The Morgan fingerprint density at radius 2 is 1.80 bits per heavy atom. The van der Waals surface area contributed by atoms with Gasteiger partial charge in [0, 0.05) is 0 Å². The number of hydrogen-bond donors (Lipinski definition) is 1. The second-order valence-electron chi connectivity index (χ2n) is 6.32. The van der Waals surface area contributed by atoms with E-state index in [1.54, 1.807) is 4.90 Å². The van der Waals surface area contributed by atoms with Crippen LogP contribution in [0, 0.1) is 0 Å². The number of carbonyl (C=O) groups excluding carboxylic acids is 2. The van der Waals surface area contributed by atoms with Crippen LogP contribution in [-0.2, 0) is 9.59 Å². The zero-order chi connectivity index (χ0) is 14.5. The molecule has 0 aromatic heterocycles. The van der Waals surface area contributed by atoms with Gasteiger partial charge in [-0.3, -0.25) is 9.59 Å². The lowest BCUT2D eigenvalue weighted by atomic mass is 9.72. The topological polar surface area (TPSA) is 49.4 Å². The maximum Gasteiger partial charge on any atom is 0.249 e. The van der Waals surface area contributed by atoms with E-state index in [2.05, 4.69) is 5.32 Å². The highest BCUT2D eigenvalue weighted by Crippen LogP contribution is 2.43. The Morgan fingerprint density at radius 3 is 2.40 bits per heavy atom. The molecule has 0 spiro atoms. The summed E-state index contributed by atoms with van der Waals surface area (Å²) >= 11 is 0. The van der Waals surface area contributed by atoms with Crippen molar-refractivity contribution in [3.05, 3.63) is 35.9 Å². The van der Waals surface area contributed by atoms with Crippen molar-refractivity contribution in [2.75, 3.05) is 0 Å². The van der Waals surface area contributed by atoms with E-state index in [9.17, 15) is 9.59 Å². The zero-order valence-corrected chi connectivity index (χ0v) is 12.1. The number of rotatable bonds is 2. The Bertz CT molecular complexity index is 571. The Morgan fingerprint density at radius 1 is 1.15 bits per heavy atom. The van der Waals surface area contributed by atoms with Crippen molar-refractivity contribution in [2.24, 2.45) is 0 Å². The average Bonchev–Trinajstić information content (AvgIpc) is 2.43. The smallest absolute Gasteiger partial charge is 0.249 e. The molecule has 3 saturated heterocycles. The lowest BCUT2D eigenvalue weighted by molar-refractivity contribution is -0.173. The van der Waals surface area contributed by atoms with E-state index in [0.29, 0.717) is 6.42 Å². The predicted molar refractivity (Wildman–Crippen MR) is 75.9 cm³/mol. The van der Waals surface area contributed by atoms with Crippen LogP contribution < -0.4 is 5.32 Å². The average molecular weight is 272 g/mol. The Hall–Kier alpha value is -1.84. The molecule has 0 unspecified atom stereocenters. The highest BCUT2D eigenvalue weighted by atomic mass is 16.2. The minimum Gasteiger partial charge on any atom is -0.340 e. The molecule has 1 N–H and O–H groups in total. The first-order valence-electron chi connectivity index (χ1n) is 7.10. The van der Waals surface area contributed by atoms with Crippen molar-refractivity contribution in [1.29, 1.82) is 0 Å². The van der Waals surface area contributed by atoms with Gasteiger partial charge in [-0.1, -0.05) is 30.3 Å². The summed E-state index contributed by atoms with van der Waals surface area (Å²) in [7, 11) is 0. The van der Waals surface area contributed by atoms with Gasteiger partial charge in [0.1, 0.15) is 11.1 Å². The molecule has 3 aliphatic rings. The summed E-state index contributed by atoms with van der Waals surface area (Å²) in [5.41, 5.74) is -0.409. The van der Waals surface area contributed by atoms with Crippen LogP contribution in [-0.4, -0.2) is 27.8 Å². The summed E-state index contributed by atoms with van der Waals surface area (Å²) in [6.07, 6.45) is 1.43. The van der Waals surface area contributed by atoms with Gasteiger partial charge >= 0.3 is 0 Å². The number of hydrogen-bond acceptors (Lipinski definition) is 2. The monoisotopic (exact) mass is 272 g/mol. The number of piperazine rings is 1. The maximum atomic E-state index is 12.8. The third-order valence-electron chi connectivity index (χ3n) is 4.88. The molecular formula is C16H20N2O2. The molecule has 2 amide bonds. The van der Waals surface area contributed by atoms with Gasteiger partial charge < -0.3 is 10.2 Å². The molecule has 1 aromatic rings. The minimum absolute atomic E-state index is 0.0298. The van der Waals surface area contributed by atoms with Crippen LogP contribution in [0.3, 0.4) is 0 Å². The Balaban J connectivity index is 2.04. The summed E-state index contributed by atoms with van der Waals surface area (Å²) < 4.78 is 0. The summed E-state index contributed by atoms with van der Waals surface area (Å²) in [6, 6.07) is 9.79. The fraction of sp³-hybridized carbons (Fsp3) is 0.500. The van der Waals surface area contributed by atoms with E-state index in [-0.39, 0.29) is 17.9 Å². The lowest BCUT2D eigenvalue weighted by Crippen LogP contribution is -2.78. The zero-order valence-electron chi connectivity index (χ0n) is 12.1. The van der Waals surface area contributed by atoms with Crippen LogP contribution in [0.2, 0.25) is 0 Å². The van der Waals surface area contributed by atoms with Crippen molar-refractivity contribution in [2.45, 2.75) is 50.7 Å². The van der Waals surface area contributed by atoms with Crippen LogP contribution in [0.5, 0.6) is 0 Å². The first-order chi connectivity index (χ1) is 9.38. The van der Waals surface area contributed by atoms with E-state index in [1.807, 2.05) is 51.1 Å². The van der Waals surface area contributed by atoms with Crippen LogP contribution in [0.15, 0.2) is 30.3 Å². The fourth-order valence-electron chi connectivity index (χ4n) is 3.42. The first-order valence-corrected chi connectivity index (χ1v) is 7.10. The molecule has 4 nitrogen and oxygen atoms in total. The normalized spacial score (nSPS) is 34.0. The second kappa shape index (κ2) is 4.08. The maximum absolute atomic E-state index is 12.8. The predicted octanol–water partition coefficient (Wildman–Crippen LogP) is 2.02. The Labute approximate surface area is 119 Å². The molecule has 3 atom stereocenters. The van der Waals surface area contributed by atoms with Gasteiger partial charge in [-0.05, 0) is 39.2 Å². The summed E-state index contributed by atoms with van der Waals surface area (Å²) in [5.74, 6) is -0.00386. The number of fused-ring (bicyclic) bond motifs is 3. The van der Waals surface area contributed by atoms with Gasteiger partial charge in [0.2, 0.25) is 11.8 Å². The first kappa shape index (κ1) is 13.2. The number of amides is 2. The Kier molecular flexibility index (Phi) is 2.68. The SMILES string of the molecule is C[C@H](c1ccccc1)N1C(=O)[C@]2(C)CC[C@]1(C)C(=O)N2. The molecule has 2 bridgehead atoms. The molecule has 3 aliphatic heterocycles. The van der Waals surface area contributed by atoms with E-state index in [1.165, 1.54) is 0 Å². The molecule has 0 saturated carbocycles. The minimum atomic E-state index is -0.738. The number of piperidine rings is 2. The highest BCUT2D eigenvalue weighted by Gasteiger charge is 2.60. The van der Waals surface area contributed by atoms with Gasteiger partial charge in [-0.2, -0.15) is 0 Å². The van der Waals surface area contributed by atoms with Gasteiger partial charge in [-0.15, -0.1) is 0 Å². The molecule has 4 heteroatoms. The van der Waals surface area contributed by atoms with Crippen molar-refractivity contribution >= 4 is 11.8 Å². The highest BCUT2D eigenvalue weighted by molar-refractivity contribution is 6.03. The molecule has 4 rings (SSSR count). The molecule has 0 radical (unpaired) electrons. The van der Waals surface area contributed by atoms with Crippen molar-refractivity contribution in [1.82, 2.24) is 10.2 Å². The molecule has 106 valence electrons. The van der Waals surface area contributed by atoms with Crippen LogP contribution >= 0.6 is 0 Å². The van der Waals surface area contributed by atoms with Crippen LogP contribution in [0.4, 0.5) is 0 Å². The van der Waals surface area contributed by atoms with Crippen LogP contribution in [0.25, 0.3) is 0 Å². The van der Waals surface area contributed by atoms with E-state index < -0.39 is 11.1 Å². The largest absolute Gasteiger partial charge is 0.340 e. The van der Waals surface area contributed by atoms with Crippen molar-refractivity contribution in [3.8, 4) is 0 Å². The van der Waals surface area contributed by atoms with Gasteiger partial charge in [0.25, 0.3) is 0 Å². The van der Waals surface area contributed by atoms with E-state index in [0.717, 1.165) is 12.0 Å². The number of benzene rings is 1. The van der Waals surface area contributed by atoms with Crippen molar-refractivity contribution < 1.29 is 9.59 Å². The number of carbonyl (C=O) groups is 2. The van der Waals surface area contributed by atoms with E-state index in [4.69, 9.17) is 0 Å². The summed E-state index contributed by atoms with van der Waals surface area (Å²) in [5, 5.41) is 2.89. The van der Waals surface area contributed by atoms with Crippen LogP contribution in [0.1, 0.15) is 45.2 Å². The third-order valence-corrected chi connectivity index (χ3v) is 4.88. The lowest BCUT2D eigenvalue weighted by Gasteiger charge is -2.57. The molecule has 1 aromatic carbocycles. The fourth-order valence-corrected chi connectivity index (χ4v) is 3.42. The van der Waals surface area contributed by atoms with E-state index >= 15 is 0 Å². The quantitative estimate of drug-likeness (QED) is 0.895. The van der Waals surface area contributed by atoms with Crippen molar-refractivity contribution in [3.63, 3.8) is 0 Å². The number of nitrogens with one attached hydrogen (secondary N) is 1. The molecule has 3 heterocycles. The summed E-state index contributed by atoms with van der Waals surface area (Å²) in [6.45, 7) is 5.70. The molecule has 0 aliphatic carbocycles. The van der Waals surface area contributed by atoms with Gasteiger partial charge in [-0.25, -0.2) is 0 Å². The molecule has 20 heavy (non-hydrogen) atoms.